The van der Waals surface area contributed by atoms with Gasteiger partial charge in [0.2, 0.25) is 5.95 Å². The molecule has 1 aliphatic heterocycles. The molecular weight excluding hydrogens is 293 g/mol. The second-order valence-electron chi connectivity index (χ2n) is 5.46. The summed E-state index contributed by atoms with van der Waals surface area (Å²) >= 11 is 0. The van der Waals surface area contributed by atoms with Gasteiger partial charge in [-0.3, -0.25) is 0 Å². The number of benzene rings is 2. The molecule has 6 heteroatoms. The fourth-order valence-corrected chi connectivity index (χ4v) is 2.79. The zero-order chi connectivity index (χ0) is 15.8. The maximum Gasteiger partial charge on any atom is 0.248 e. The Balaban J connectivity index is 1.83. The molecule has 0 amide bonds. The van der Waals surface area contributed by atoms with E-state index in [1.165, 1.54) is 12.1 Å². The summed E-state index contributed by atoms with van der Waals surface area (Å²) in [6.07, 6.45) is 2.05. The molecule has 0 saturated carbocycles. The van der Waals surface area contributed by atoms with Gasteiger partial charge in [-0.15, -0.1) is 0 Å². The standard InChI is InChI=1S/C17H14FN5/c1-11-4-2-3-5-14(11)16-10-15(12-6-8-13(18)9-7-12)19-17-20-21-22-23(16)17/h2-10,16H,1H3,(H,19,20,22)/t16-/m0/s1. The average molecular weight is 307 g/mol. The largest absolute Gasteiger partial charge is 0.323 e. The quantitative estimate of drug-likeness (QED) is 0.790. The summed E-state index contributed by atoms with van der Waals surface area (Å²) < 4.78 is 14.9. The maximum atomic E-state index is 13.2. The van der Waals surface area contributed by atoms with Gasteiger partial charge in [0, 0.05) is 5.70 Å². The summed E-state index contributed by atoms with van der Waals surface area (Å²) in [5.41, 5.74) is 4.04. The van der Waals surface area contributed by atoms with Crippen molar-refractivity contribution in [1.82, 2.24) is 20.2 Å². The van der Waals surface area contributed by atoms with Gasteiger partial charge in [0.05, 0.1) is 0 Å². The van der Waals surface area contributed by atoms with E-state index in [-0.39, 0.29) is 11.9 Å². The zero-order valence-corrected chi connectivity index (χ0v) is 12.4. The summed E-state index contributed by atoms with van der Waals surface area (Å²) in [7, 11) is 0. The van der Waals surface area contributed by atoms with Crippen molar-refractivity contribution in [3.05, 3.63) is 77.1 Å². The first-order valence-corrected chi connectivity index (χ1v) is 7.30. The normalized spacial score (nSPS) is 16.4. The summed E-state index contributed by atoms with van der Waals surface area (Å²) in [5, 5.41) is 15.1. The van der Waals surface area contributed by atoms with Gasteiger partial charge >= 0.3 is 0 Å². The number of rotatable bonds is 2. The van der Waals surface area contributed by atoms with E-state index in [1.807, 2.05) is 12.1 Å². The van der Waals surface area contributed by atoms with Crippen molar-refractivity contribution in [1.29, 1.82) is 0 Å². The van der Waals surface area contributed by atoms with Crippen LogP contribution in [0.2, 0.25) is 0 Å². The molecular formula is C17H14FN5. The van der Waals surface area contributed by atoms with E-state index in [1.54, 1.807) is 16.8 Å². The molecule has 0 unspecified atom stereocenters. The molecule has 0 aliphatic carbocycles. The predicted octanol–water partition coefficient (Wildman–Crippen LogP) is 3.18. The monoisotopic (exact) mass is 307 g/mol. The van der Waals surface area contributed by atoms with Gasteiger partial charge in [0.15, 0.2) is 0 Å². The first-order valence-electron chi connectivity index (χ1n) is 7.30. The van der Waals surface area contributed by atoms with Crippen molar-refractivity contribution in [3.8, 4) is 0 Å². The molecule has 23 heavy (non-hydrogen) atoms. The third kappa shape index (κ3) is 2.38. The Kier molecular flexibility index (Phi) is 3.15. The first kappa shape index (κ1) is 13.6. The zero-order valence-electron chi connectivity index (χ0n) is 12.4. The third-order valence-corrected chi connectivity index (χ3v) is 3.99. The number of anilines is 1. The molecule has 2 heterocycles. The fraction of sp³-hybridized carbons (Fsp3) is 0.118. The van der Waals surface area contributed by atoms with Crippen molar-refractivity contribution in [2.75, 3.05) is 5.32 Å². The van der Waals surface area contributed by atoms with Crippen molar-refractivity contribution < 1.29 is 4.39 Å². The average Bonchev–Trinajstić information content (AvgIpc) is 3.04. The number of fused-ring (bicyclic) bond motifs is 1. The van der Waals surface area contributed by atoms with Gasteiger partial charge in [-0.2, -0.15) is 4.68 Å². The summed E-state index contributed by atoms with van der Waals surface area (Å²) in [6, 6.07) is 14.4. The third-order valence-electron chi connectivity index (χ3n) is 3.99. The van der Waals surface area contributed by atoms with E-state index in [0.717, 1.165) is 22.4 Å². The minimum atomic E-state index is -0.259. The number of nitrogens with zero attached hydrogens (tertiary/aromatic N) is 4. The number of aryl methyl sites for hydroxylation is 1. The molecule has 114 valence electrons. The molecule has 3 aromatic rings. The van der Waals surface area contributed by atoms with E-state index >= 15 is 0 Å². The van der Waals surface area contributed by atoms with E-state index in [4.69, 9.17) is 0 Å². The van der Waals surface area contributed by atoms with Gasteiger partial charge in [0.1, 0.15) is 11.9 Å². The highest BCUT2D eigenvalue weighted by Crippen LogP contribution is 2.32. The number of allylic oxidation sites excluding steroid dienone is 1. The number of nitrogens with one attached hydrogen (secondary N) is 1. The van der Waals surface area contributed by atoms with Crippen LogP contribution in [0.4, 0.5) is 10.3 Å². The predicted molar refractivity (Wildman–Crippen MR) is 85.1 cm³/mol. The molecule has 2 aromatic carbocycles. The van der Waals surface area contributed by atoms with Crippen LogP contribution in [0.1, 0.15) is 22.7 Å². The van der Waals surface area contributed by atoms with Crippen LogP contribution in [0.15, 0.2) is 54.6 Å². The van der Waals surface area contributed by atoms with Crippen LogP contribution in [-0.2, 0) is 0 Å². The topological polar surface area (TPSA) is 55.6 Å². The van der Waals surface area contributed by atoms with Crippen LogP contribution in [0, 0.1) is 12.7 Å². The van der Waals surface area contributed by atoms with Crippen LogP contribution in [0.25, 0.3) is 5.70 Å². The van der Waals surface area contributed by atoms with Crippen LogP contribution in [-0.4, -0.2) is 20.2 Å². The summed E-state index contributed by atoms with van der Waals surface area (Å²) in [4.78, 5) is 0. The molecule has 1 atom stereocenters. The van der Waals surface area contributed by atoms with Gasteiger partial charge in [-0.1, -0.05) is 29.4 Å². The molecule has 1 aromatic heterocycles. The Hall–Kier alpha value is -3.02. The highest BCUT2D eigenvalue weighted by atomic mass is 19.1. The number of tetrazole rings is 1. The molecule has 0 saturated heterocycles. The maximum absolute atomic E-state index is 13.2. The first-order chi connectivity index (χ1) is 11.2. The van der Waals surface area contributed by atoms with E-state index in [2.05, 4.69) is 46.0 Å². The molecule has 0 spiro atoms. The van der Waals surface area contributed by atoms with Crippen molar-refractivity contribution in [3.63, 3.8) is 0 Å². The molecule has 1 aliphatic rings. The highest BCUT2D eigenvalue weighted by molar-refractivity contribution is 5.77. The molecule has 0 bridgehead atoms. The second kappa shape index (κ2) is 5.31. The molecule has 5 nitrogen and oxygen atoms in total. The van der Waals surface area contributed by atoms with Crippen molar-refractivity contribution >= 4 is 11.6 Å². The Morgan fingerprint density at radius 2 is 1.87 bits per heavy atom. The number of hydrogen-bond acceptors (Lipinski definition) is 4. The second-order valence-corrected chi connectivity index (χ2v) is 5.46. The Labute approximate surface area is 132 Å². The minimum Gasteiger partial charge on any atom is -0.323 e. The van der Waals surface area contributed by atoms with E-state index < -0.39 is 0 Å². The number of halogens is 1. The van der Waals surface area contributed by atoms with Gasteiger partial charge < -0.3 is 5.32 Å². The van der Waals surface area contributed by atoms with Crippen LogP contribution in [0.5, 0.6) is 0 Å². The Morgan fingerprint density at radius 1 is 1.09 bits per heavy atom. The van der Waals surface area contributed by atoms with Gasteiger partial charge in [-0.05, 0) is 64.4 Å². The van der Waals surface area contributed by atoms with Crippen LogP contribution < -0.4 is 5.32 Å². The smallest absolute Gasteiger partial charge is 0.248 e. The lowest BCUT2D eigenvalue weighted by Crippen LogP contribution is -2.20. The van der Waals surface area contributed by atoms with Crippen molar-refractivity contribution in [2.45, 2.75) is 13.0 Å². The highest BCUT2D eigenvalue weighted by Gasteiger charge is 2.25. The Morgan fingerprint density at radius 3 is 2.65 bits per heavy atom. The lowest BCUT2D eigenvalue weighted by molar-refractivity contribution is 0.583. The van der Waals surface area contributed by atoms with Gasteiger partial charge in [-0.25, -0.2) is 4.39 Å². The van der Waals surface area contributed by atoms with E-state index in [9.17, 15) is 4.39 Å². The minimum absolute atomic E-state index is 0.109. The SMILES string of the molecule is Cc1ccccc1[C@@H]1C=C(c2ccc(F)cc2)Nc2nnnn21. The fourth-order valence-electron chi connectivity index (χ4n) is 2.79. The Bertz CT molecular complexity index is 882. The molecule has 0 radical (unpaired) electrons. The molecule has 1 N–H and O–H groups in total. The summed E-state index contributed by atoms with van der Waals surface area (Å²) in [6.45, 7) is 2.06. The summed E-state index contributed by atoms with van der Waals surface area (Å²) in [5.74, 6) is 0.311. The van der Waals surface area contributed by atoms with Gasteiger partial charge in [0.25, 0.3) is 0 Å². The number of aromatic nitrogens is 4. The van der Waals surface area contributed by atoms with Crippen molar-refractivity contribution in [2.24, 2.45) is 0 Å². The molecule has 0 fully saturated rings. The number of hydrogen-bond donors (Lipinski definition) is 1. The lowest BCUT2D eigenvalue weighted by Gasteiger charge is -2.24. The van der Waals surface area contributed by atoms with E-state index in [0.29, 0.717) is 5.95 Å². The molecule has 4 rings (SSSR count). The lowest BCUT2D eigenvalue weighted by atomic mass is 9.98. The van der Waals surface area contributed by atoms with Crippen LogP contribution >= 0.6 is 0 Å². The van der Waals surface area contributed by atoms with Crippen LogP contribution in [0.3, 0.4) is 0 Å².